The maximum atomic E-state index is 11.1. The molecule has 0 rings (SSSR count). The van der Waals surface area contributed by atoms with Gasteiger partial charge in [-0.1, -0.05) is 5.11 Å². The molecule has 0 aromatic heterocycles. The van der Waals surface area contributed by atoms with Gasteiger partial charge in [-0.05, 0) is 25.8 Å². The average Bonchev–Trinajstić information content (AvgIpc) is 2.03. The van der Waals surface area contributed by atoms with Crippen molar-refractivity contribution in [3.63, 3.8) is 0 Å². The SMILES string of the molecule is CC(C)S(=O)(=O)NCCCN=[N+]=[N-]. The van der Waals surface area contributed by atoms with E-state index in [0.29, 0.717) is 19.5 Å². The number of azide groups is 1. The van der Waals surface area contributed by atoms with E-state index in [-0.39, 0.29) is 0 Å². The summed E-state index contributed by atoms with van der Waals surface area (Å²) >= 11 is 0. The van der Waals surface area contributed by atoms with Crippen LogP contribution >= 0.6 is 0 Å². The zero-order valence-corrected chi connectivity index (χ0v) is 8.58. The van der Waals surface area contributed by atoms with E-state index in [1.807, 2.05) is 0 Å². The topological polar surface area (TPSA) is 94.9 Å². The average molecular weight is 206 g/mol. The number of sulfonamides is 1. The third-order valence-corrected chi connectivity index (χ3v) is 3.27. The van der Waals surface area contributed by atoms with Gasteiger partial charge in [-0.25, -0.2) is 13.1 Å². The molecule has 0 spiro atoms. The maximum Gasteiger partial charge on any atom is 0.213 e. The van der Waals surface area contributed by atoms with E-state index in [0.717, 1.165) is 0 Å². The first kappa shape index (κ1) is 12.2. The summed E-state index contributed by atoms with van der Waals surface area (Å²) < 4.78 is 24.7. The van der Waals surface area contributed by atoms with Crippen molar-refractivity contribution < 1.29 is 8.42 Å². The highest BCUT2D eigenvalue weighted by Crippen LogP contribution is 1.95. The molecule has 0 saturated carbocycles. The lowest BCUT2D eigenvalue weighted by atomic mass is 10.4. The first-order chi connectivity index (χ1) is 6.00. The Hall–Kier alpha value is -0.780. The molecule has 0 aromatic rings. The van der Waals surface area contributed by atoms with Crippen molar-refractivity contribution >= 4 is 10.0 Å². The monoisotopic (exact) mass is 206 g/mol. The first-order valence-corrected chi connectivity index (χ1v) is 5.54. The summed E-state index contributed by atoms with van der Waals surface area (Å²) in [5.74, 6) is 0. The lowest BCUT2D eigenvalue weighted by molar-refractivity contribution is 0.570. The summed E-state index contributed by atoms with van der Waals surface area (Å²) in [4.78, 5) is 2.55. The van der Waals surface area contributed by atoms with Gasteiger partial charge in [0.1, 0.15) is 0 Å². The molecule has 0 unspecified atom stereocenters. The molecule has 0 saturated heterocycles. The van der Waals surface area contributed by atoms with E-state index in [2.05, 4.69) is 14.7 Å². The van der Waals surface area contributed by atoms with Gasteiger partial charge in [0.2, 0.25) is 10.0 Å². The van der Waals surface area contributed by atoms with Crippen molar-refractivity contribution in [2.45, 2.75) is 25.5 Å². The van der Waals surface area contributed by atoms with Crippen LogP contribution in [0.1, 0.15) is 20.3 Å². The van der Waals surface area contributed by atoms with Crippen LogP contribution in [0, 0.1) is 0 Å². The van der Waals surface area contributed by atoms with Crippen LogP contribution in [0.4, 0.5) is 0 Å². The van der Waals surface area contributed by atoms with Crippen molar-refractivity contribution in [1.29, 1.82) is 0 Å². The van der Waals surface area contributed by atoms with Crippen LogP contribution in [0.5, 0.6) is 0 Å². The molecular formula is C6H14N4O2S. The van der Waals surface area contributed by atoms with Crippen LogP contribution in [0.2, 0.25) is 0 Å². The molecule has 0 bridgehead atoms. The Balaban J connectivity index is 3.71. The summed E-state index contributed by atoms with van der Waals surface area (Å²) in [5.41, 5.74) is 7.93. The Morgan fingerprint density at radius 3 is 2.62 bits per heavy atom. The second kappa shape index (κ2) is 5.80. The Morgan fingerprint density at radius 1 is 1.54 bits per heavy atom. The summed E-state index contributed by atoms with van der Waals surface area (Å²) in [5, 5.41) is 2.86. The number of nitrogens with zero attached hydrogens (tertiary/aromatic N) is 3. The van der Waals surface area contributed by atoms with Crippen molar-refractivity contribution in [2.75, 3.05) is 13.1 Å². The molecule has 0 fully saturated rings. The fraction of sp³-hybridized carbons (Fsp3) is 1.00. The van der Waals surface area contributed by atoms with E-state index in [1.165, 1.54) is 0 Å². The van der Waals surface area contributed by atoms with Crippen molar-refractivity contribution in [3.8, 4) is 0 Å². The zero-order valence-electron chi connectivity index (χ0n) is 7.77. The molecule has 0 aliphatic rings. The second-order valence-corrected chi connectivity index (χ2v) is 5.12. The van der Waals surface area contributed by atoms with Crippen molar-refractivity contribution in [2.24, 2.45) is 5.11 Å². The highest BCUT2D eigenvalue weighted by Gasteiger charge is 2.13. The molecule has 0 atom stereocenters. The Labute approximate surface area is 78.0 Å². The number of nitrogens with one attached hydrogen (secondary N) is 1. The molecule has 1 N–H and O–H groups in total. The second-order valence-electron chi connectivity index (χ2n) is 2.80. The van der Waals surface area contributed by atoms with Crippen molar-refractivity contribution in [1.82, 2.24) is 4.72 Å². The minimum absolute atomic E-state index is 0.317. The van der Waals surface area contributed by atoms with Gasteiger partial charge in [-0.15, -0.1) is 0 Å². The van der Waals surface area contributed by atoms with Gasteiger partial charge >= 0.3 is 0 Å². The molecule has 0 aliphatic heterocycles. The molecule has 7 heteroatoms. The normalized spacial score (nSPS) is 11.3. The molecule has 0 aromatic carbocycles. The minimum atomic E-state index is -3.17. The fourth-order valence-electron chi connectivity index (χ4n) is 0.576. The molecule has 0 amide bonds. The van der Waals surface area contributed by atoms with E-state index >= 15 is 0 Å². The van der Waals surface area contributed by atoms with E-state index in [9.17, 15) is 8.42 Å². The van der Waals surface area contributed by atoms with Crippen LogP contribution < -0.4 is 4.72 Å². The molecule has 0 radical (unpaired) electrons. The third-order valence-electron chi connectivity index (χ3n) is 1.42. The van der Waals surface area contributed by atoms with Gasteiger partial charge in [0.25, 0.3) is 0 Å². The van der Waals surface area contributed by atoms with E-state index in [4.69, 9.17) is 5.53 Å². The quantitative estimate of drug-likeness (QED) is 0.304. The smallest absolute Gasteiger partial charge is 0.213 e. The Morgan fingerprint density at radius 2 is 2.15 bits per heavy atom. The Bertz CT molecular complexity index is 279. The van der Waals surface area contributed by atoms with Gasteiger partial charge in [0.05, 0.1) is 5.25 Å². The van der Waals surface area contributed by atoms with Gasteiger partial charge in [-0.3, -0.25) is 0 Å². The van der Waals surface area contributed by atoms with Gasteiger partial charge < -0.3 is 0 Å². The molecule has 0 heterocycles. The molecule has 76 valence electrons. The van der Waals surface area contributed by atoms with Crippen LogP contribution in [0.3, 0.4) is 0 Å². The van der Waals surface area contributed by atoms with Gasteiger partial charge in [0.15, 0.2) is 0 Å². The van der Waals surface area contributed by atoms with E-state index in [1.54, 1.807) is 13.8 Å². The summed E-state index contributed by atoms with van der Waals surface area (Å²) in [6.45, 7) is 3.85. The van der Waals surface area contributed by atoms with Crippen molar-refractivity contribution in [3.05, 3.63) is 10.4 Å². The fourth-order valence-corrected chi connectivity index (χ4v) is 1.34. The molecule has 0 aliphatic carbocycles. The van der Waals surface area contributed by atoms with Crippen LogP contribution in [-0.2, 0) is 10.0 Å². The van der Waals surface area contributed by atoms with E-state index < -0.39 is 15.3 Å². The maximum absolute atomic E-state index is 11.1. The lowest BCUT2D eigenvalue weighted by Gasteiger charge is -2.07. The van der Waals surface area contributed by atoms with Crippen LogP contribution in [0.25, 0.3) is 10.4 Å². The minimum Gasteiger partial charge on any atom is -0.215 e. The predicted octanol–water partition coefficient (Wildman–Crippen LogP) is 1.01. The van der Waals surface area contributed by atoms with Gasteiger partial charge in [-0.2, -0.15) is 0 Å². The summed E-state index contributed by atoms with van der Waals surface area (Å²) in [6.07, 6.45) is 0.524. The molecule has 6 nitrogen and oxygen atoms in total. The highest BCUT2D eigenvalue weighted by molar-refractivity contribution is 7.90. The Kier molecular flexibility index (Phi) is 5.45. The predicted molar refractivity (Wildman–Crippen MR) is 50.7 cm³/mol. The van der Waals surface area contributed by atoms with Gasteiger partial charge in [0, 0.05) is 18.0 Å². The highest BCUT2D eigenvalue weighted by atomic mass is 32.2. The molecule has 13 heavy (non-hydrogen) atoms. The largest absolute Gasteiger partial charge is 0.215 e. The summed E-state index contributed by atoms with van der Waals surface area (Å²) in [7, 11) is -3.17. The first-order valence-electron chi connectivity index (χ1n) is 4.00. The van der Waals surface area contributed by atoms with Crippen LogP contribution in [0.15, 0.2) is 5.11 Å². The van der Waals surface area contributed by atoms with Crippen LogP contribution in [-0.4, -0.2) is 26.8 Å². The lowest BCUT2D eigenvalue weighted by Crippen LogP contribution is -2.31. The number of hydrogen-bond acceptors (Lipinski definition) is 3. The number of rotatable bonds is 6. The third kappa shape index (κ3) is 5.46. The molecular weight excluding hydrogens is 192 g/mol. The standard InChI is InChI=1S/C6H14N4O2S/c1-6(2)13(11,12)9-5-3-4-8-10-7/h6,9H,3-5H2,1-2H3. The zero-order chi connectivity index (χ0) is 10.3. The summed E-state index contributed by atoms with van der Waals surface area (Å²) in [6, 6.07) is 0. The number of hydrogen-bond donors (Lipinski definition) is 1.